The van der Waals surface area contributed by atoms with Gasteiger partial charge in [0.1, 0.15) is 12.7 Å². The lowest BCUT2D eigenvalue weighted by molar-refractivity contribution is 0.0679. The van der Waals surface area contributed by atoms with Crippen LogP contribution >= 0.6 is 11.3 Å². The summed E-state index contributed by atoms with van der Waals surface area (Å²) in [6, 6.07) is 15.7. The summed E-state index contributed by atoms with van der Waals surface area (Å²) in [4.78, 5) is 9.14. The Kier molecular flexibility index (Phi) is 5.95. The zero-order valence-electron chi connectivity index (χ0n) is 15.8. The quantitative estimate of drug-likeness (QED) is 0.660. The van der Waals surface area contributed by atoms with Gasteiger partial charge >= 0.3 is 0 Å². The molecule has 1 radical (unpaired) electrons. The number of thiazole rings is 1. The molecule has 1 atom stereocenters. The van der Waals surface area contributed by atoms with Gasteiger partial charge in [0.25, 0.3) is 0 Å². The smallest absolute Gasteiger partial charge is 0.186 e. The minimum atomic E-state index is -0.563. The molecule has 1 fully saturated rings. The molecule has 6 nitrogen and oxygen atoms in total. The second kappa shape index (κ2) is 8.77. The molecule has 28 heavy (non-hydrogen) atoms. The fourth-order valence-electron chi connectivity index (χ4n) is 3.24. The number of ether oxygens (including phenoxy) is 2. The van der Waals surface area contributed by atoms with Gasteiger partial charge < -0.3 is 19.5 Å². The molecular formula is C21H24N3O3S. The molecule has 7 heteroatoms. The number of aliphatic hydroxyl groups is 1. The monoisotopic (exact) mass is 398 g/mol. The lowest BCUT2D eigenvalue weighted by Gasteiger charge is -2.34. The highest BCUT2D eigenvalue weighted by molar-refractivity contribution is 7.22. The van der Waals surface area contributed by atoms with Gasteiger partial charge in [-0.1, -0.05) is 35.6 Å². The fourth-order valence-corrected chi connectivity index (χ4v) is 4.23. The van der Waals surface area contributed by atoms with Crippen molar-refractivity contribution in [1.82, 2.24) is 9.88 Å². The average Bonchev–Trinajstić information content (AvgIpc) is 3.17. The Bertz CT molecular complexity index is 876. The maximum atomic E-state index is 10.4. The number of aliphatic hydroxyl groups excluding tert-OH is 1. The highest BCUT2D eigenvalue weighted by Gasteiger charge is 2.22. The fraction of sp³-hybridized carbons (Fsp3) is 0.333. The first-order valence-electron chi connectivity index (χ1n) is 9.34. The molecule has 0 saturated carbocycles. The number of hydrogen-bond acceptors (Lipinski definition) is 7. The zero-order chi connectivity index (χ0) is 19.3. The Labute approximate surface area is 168 Å². The van der Waals surface area contributed by atoms with Crippen LogP contribution in [0.5, 0.6) is 11.5 Å². The molecule has 1 aromatic heterocycles. The highest BCUT2D eigenvalue weighted by Crippen LogP contribution is 2.30. The van der Waals surface area contributed by atoms with E-state index in [1.54, 1.807) is 18.4 Å². The first-order valence-corrected chi connectivity index (χ1v) is 10.2. The SMILES string of the molecule is COc1ccccc1OCC(O)CN1C[CH]N(c2nc3ccccc3s2)CC1. The number of piperazine rings is 1. The van der Waals surface area contributed by atoms with Crippen LogP contribution < -0.4 is 14.4 Å². The summed E-state index contributed by atoms with van der Waals surface area (Å²) in [6.45, 7) is 5.46. The van der Waals surface area contributed by atoms with Crippen molar-refractivity contribution in [2.75, 3.05) is 44.8 Å². The number of fused-ring (bicyclic) bond motifs is 1. The Hall–Kier alpha value is -2.35. The van der Waals surface area contributed by atoms with Gasteiger partial charge in [0.05, 0.1) is 23.9 Å². The van der Waals surface area contributed by atoms with Crippen LogP contribution in [0, 0.1) is 6.54 Å². The standard InChI is InChI=1S/C21H24N3O3S/c1-26-18-7-3-4-8-19(18)27-15-16(25)14-23-10-12-24(13-11-23)21-22-17-6-2-5-9-20(17)28-21/h2-9,12,16,25H,10-11,13-15H2,1H3. The van der Waals surface area contributed by atoms with E-state index in [1.165, 1.54) is 4.70 Å². The maximum Gasteiger partial charge on any atom is 0.186 e. The number of hydrogen-bond donors (Lipinski definition) is 1. The van der Waals surface area contributed by atoms with Gasteiger partial charge in [0.2, 0.25) is 0 Å². The van der Waals surface area contributed by atoms with Crippen LogP contribution in [0.1, 0.15) is 0 Å². The molecule has 1 unspecified atom stereocenters. The van der Waals surface area contributed by atoms with Crippen LogP contribution in [-0.4, -0.2) is 61.0 Å². The largest absolute Gasteiger partial charge is 0.493 e. The molecule has 0 aliphatic carbocycles. The molecule has 3 aromatic rings. The summed E-state index contributed by atoms with van der Waals surface area (Å²) in [5.41, 5.74) is 1.04. The van der Waals surface area contributed by atoms with Crippen molar-refractivity contribution >= 4 is 26.7 Å². The number of benzene rings is 2. The van der Waals surface area contributed by atoms with E-state index in [0.717, 1.165) is 30.3 Å². The molecule has 0 spiro atoms. The summed E-state index contributed by atoms with van der Waals surface area (Å²) in [6.07, 6.45) is -0.563. The van der Waals surface area contributed by atoms with Crippen LogP contribution in [0.2, 0.25) is 0 Å². The topological polar surface area (TPSA) is 58.1 Å². The van der Waals surface area contributed by atoms with Crippen molar-refractivity contribution in [2.24, 2.45) is 0 Å². The molecule has 1 N–H and O–H groups in total. The van der Waals surface area contributed by atoms with Crippen molar-refractivity contribution in [1.29, 1.82) is 0 Å². The van der Waals surface area contributed by atoms with E-state index in [-0.39, 0.29) is 6.61 Å². The van der Waals surface area contributed by atoms with Crippen molar-refractivity contribution in [3.63, 3.8) is 0 Å². The van der Waals surface area contributed by atoms with Gasteiger partial charge in [0, 0.05) is 26.2 Å². The second-order valence-corrected chi connectivity index (χ2v) is 7.72. The average molecular weight is 399 g/mol. The number of methoxy groups -OCH3 is 1. The maximum absolute atomic E-state index is 10.4. The minimum absolute atomic E-state index is 0.235. The van der Waals surface area contributed by atoms with E-state index in [1.807, 2.05) is 42.5 Å². The van der Waals surface area contributed by atoms with Gasteiger partial charge in [-0.05, 0) is 24.3 Å². The van der Waals surface area contributed by atoms with Crippen molar-refractivity contribution < 1.29 is 14.6 Å². The number of anilines is 1. The normalized spacial score (nSPS) is 16.3. The number of β-amino-alcohol motifs (C(OH)–C–C–N with tert-alkyl or cyclic N) is 1. The third-order valence-corrected chi connectivity index (χ3v) is 5.79. The predicted octanol–water partition coefficient (Wildman–Crippen LogP) is 3.03. The number of aromatic nitrogens is 1. The lowest BCUT2D eigenvalue weighted by atomic mass is 10.2. The molecule has 0 amide bonds. The third kappa shape index (κ3) is 4.38. The van der Waals surface area contributed by atoms with Gasteiger partial charge in [-0.15, -0.1) is 0 Å². The van der Waals surface area contributed by atoms with Crippen molar-refractivity contribution in [3.8, 4) is 11.5 Å². The number of nitrogens with zero attached hydrogens (tertiary/aromatic N) is 3. The molecule has 2 aromatic carbocycles. The summed E-state index contributed by atoms with van der Waals surface area (Å²) in [5.74, 6) is 1.32. The molecule has 1 saturated heterocycles. The second-order valence-electron chi connectivity index (χ2n) is 6.72. The van der Waals surface area contributed by atoms with Crippen LogP contribution in [0.25, 0.3) is 10.2 Å². The number of para-hydroxylation sites is 3. The molecule has 1 aliphatic rings. The van der Waals surface area contributed by atoms with E-state index >= 15 is 0 Å². The van der Waals surface area contributed by atoms with Crippen LogP contribution in [-0.2, 0) is 0 Å². The van der Waals surface area contributed by atoms with Gasteiger partial charge in [0.15, 0.2) is 16.6 Å². The van der Waals surface area contributed by atoms with E-state index in [9.17, 15) is 5.11 Å². The van der Waals surface area contributed by atoms with Crippen LogP contribution in [0.4, 0.5) is 5.13 Å². The summed E-state index contributed by atoms with van der Waals surface area (Å²) in [5, 5.41) is 11.4. The first-order chi connectivity index (χ1) is 13.7. The zero-order valence-corrected chi connectivity index (χ0v) is 16.6. The molecular weight excluding hydrogens is 374 g/mol. The molecule has 4 rings (SSSR count). The van der Waals surface area contributed by atoms with E-state index in [0.29, 0.717) is 18.0 Å². The van der Waals surface area contributed by atoms with E-state index < -0.39 is 6.10 Å². The molecule has 0 bridgehead atoms. The van der Waals surface area contributed by atoms with E-state index in [4.69, 9.17) is 14.5 Å². The summed E-state index contributed by atoms with van der Waals surface area (Å²) < 4.78 is 12.2. The van der Waals surface area contributed by atoms with Gasteiger partial charge in [-0.3, -0.25) is 4.90 Å². The Morgan fingerprint density at radius 3 is 2.64 bits per heavy atom. The number of rotatable bonds is 7. The highest BCUT2D eigenvalue weighted by atomic mass is 32.1. The van der Waals surface area contributed by atoms with Crippen LogP contribution in [0.15, 0.2) is 48.5 Å². The Morgan fingerprint density at radius 1 is 1.11 bits per heavy atom. The Balaban J connectivity index is 1.26. The van der Waals surface area contributed by atoms with E-state index in [2.05, 4.69) is 22.4 Å². The van der Waals surface area contributed by atoms with Crippen molar-refractivity contribution in [2.45, 2.75) is 6.10 Å². The molecule has 2 heterocycles. The third-order valence-electron chi connectivity index (χ3n) is 4.71. The minimum Gasteiger partial charge on any atom is -0.493 e. The van der Waals surface area contributed by atoms with Crippen LogP contribution in [0.3, 0.4) is 0 Å². The van der Waals surface area contributed by atoms with Gasteiger partial charge in [-0.25, -0.2) is 4.98 Å². The summed E-state index contributed by atoms with van der Waals surface area (Å²) >= 11 is 1.71. The molecule has 147 valence electrons. The first kappa shape index (κ1) is 19.0. The summed E-state index contributed by atoms with van der Waals surface area (Å²) in [7, 11) is 1.61. The predicted molar refractivity (Wildman–Crippen MR) is 112 cm³/mol. The van der Waals surface area contributed by atoms with Gasteiger partial charge in [-0.2, -0.15) is 0 Å². The lowest BCUT2D eigenvalue weighted by Crippen LogP contribution is -2.46. The van der Waals surface area contributed by atoms with Crippen molar-refractivity contribution in [3.05, 3.63) is 55.1 Å². The Morgan fingerprint density at radius 2 is 1.89 bits per heavy atom. The molecule has 1 aliphatic heterocycles.